The molecule has 1 heterocycles. The van der Waals surface area contributed by atoms with Crippen molar-refractivity contribution in [3.8, 4) is 0 Å². The highest BCUT2D eigenvalue weighted by molar-refractivity contribution is 6.45. The Bertz CT molecular complexity index is 237. The molecule has 1 aliphatic rings. The zero-order chi connectivity index (χ0) is 12.8. The van der Waals surface area contributed by atoms with E-state index < -0.39 is 0 Å². The monoisotopic (exact) mass is 226 g/mol. The van der Waals surface area contributed by atoms with Gasteiger partial charge in [0.05, 0.1) is 11.2 Å². The van der Waals surface area contributed by atoms with Gasteiger partial charge in [0.2, 0.25) is 0 Å². The first-order valence-electron chi connectivity index (χ1n) is 6.31. The first kappa shape index (κ1) is 14.0. The third kappa shape index (κ3) is 2.81. The van der Waals surface area contributed by atoms with Crippen LogP contribution in [0.3, 0.4) is 0 Å². The Balaban J connectivity index is 2.61. The SMILES string of the molecule is C[C@H](CB1OC(C)(C)C(C)(C)O1)C(C)(C)C. The van der Waals surface area contributed by atoms with Gasteiger partial charge in [-0.25, -0.2) is 0 Å². The third-order valence-corrected chi connectivity index (χ3v) is 4.33. The molecular weight excluding hydrogens is 199 g/mol. The summed E-state index contributed by atoms with van der Waals surface area (Å²) in [5, 5.41) is 0. The molecule has 0 unspecified atom stereocenters. The average molecular weight is 226 g/mol. The van der Waals surface area contributed by atoms with Gasteiger partial charge in [-0.2, -0.15) is 0 Å². The zero-order valence-electron chi connectivity index (χ0n) is 12.2. The van der Waals surface area contributed by atoms with Gasteiger partial charge < -0.3 is 9.31 Å². The van der Waals surface area contributed by atoms with Crippen LogP contribution < -0.4 is 0 Å². The second-order valence-electron chi connectivity index (χ2n) is 7.19. The average Bonchev–Trinajstić information content (AvgIpc) is 2.17. The van der Waals surface area contributed by atoms with E-state index in [0.29, 0.717) is 11.3 Å². The Labute approximate surface area is 101 Å². The fourth-order valence-electron chi connectivity index (χ4n) is 1.70. The minimum absolute atomic E-state index is 0.0563. The molecule has 0 N–H and O–H groups in total. The molecule has 1 fully saturated rings. The molecule has 0 spiro atoms. The number of hydrogen-bond acceptors (Lipinski definition) is 2. The number of rotatable bonds is 2. The van der Waals surface area contributed by atoms with Crippen LogP contribution in [0.4, 0.5) is 0 Å². The van der Waals surface area contributed by atoms with E-state index in [1.807, 2.05) is 0 Å². The van der Waals surface area contributed by atoms with Gasteiger partial charge in [0.25, 0.3) is 0 Å². The first-order valence-corrected chi connectivity index (χ1v) is 6.31. The molecule has 0 aromatic rings. The van der Waals surface area contributed by atoms with Crippen LogP contribution in [-0.2, 0) is 9.31 Å². The van der Waals surface area contributed by atoms with Crippen LogP contribution in [0.15, 0.2) is 0 Å². The quantitative estimate of drug-likeness (QED) is 0.667. The summed E-state index contributed by atoms with van der Waals surface area (Å²) in [6.07, 6.45) is 0.969. The van der Waals surface area contributed by atoms with Crippen molar-refractivity contribution < 1.29 is 9.31 Å². The lowest BCUT2D eigenvalue weighted by molar-refractivity contribution is 0.00578. The Kier molecular flexibility index (Phi) is 3.53. The molecular formula is C13H27BO2. The van der Waals surface area contributed by atoms with Crippen molar-refractivity contribution in [3.05, 3.63) is 0 Å². The molecule has 0 bridgehead atoms. The van der Waals surface area contributed by atoms with Crippen LogP contribution in [-0.4, -0.2) is 18.3 Å². The summed E-state index contributed by atoms with van der Waals surface area (Å²) >= 11 is 0. The lowest BCUT2D eigenvalue weighted by Crippen LogP contribution is -2.41. The minimum Gasteiger partial charge on any atom is -0.403 e. The molecule has 0 aromatic heterocycles. The molecule has 1 rings (SSSR count). The van der Waals surface area contributed by atoms with Crippen molar-refractivity contribution >= 4 is 7.12 Å². The molecule has 1 atom stereocenters. The maximum absolute atomic E-state index is 6.01. The van der Waals surface area contributed by atoms with Crippen LogP contribution in [0.25, 0.3) is 0 Å². The molecule has 94 valence electrons. The predicted octanol–water partition coefficient (Wildman–Crippen LogP) is 3.76. The highest BCUT2D eigenvalue weighted by atomic mass is 16.7. The van der Waals surface area contributed by atoms with Gasteiger partial charge in [0.15, 0.2) is 0 Å². The highest BCUT2D eigenvalue weighted by Gasteiger charge is 2.51. The summed E-state index contributed by atoms with van der Waals surface area (Å²) < 4.78 is 12.0. The van der Waals surface area contributed by atoms with Gasteiger partial charge in [0.1, 0.15) is 0 Å². The van der Waals surface area contributed by atoms with Crippen LogP contribution in [0.2, 0.25) is 6.32 Å². The lowest BCUT2D eigenvalue weighted by Gasteiger charge is -2.32. The zero-order valence-corrected chi connectivity index (χ0v) is 12.2. The second-order valence-corrected chi connectivity index (χ2v) is 7.19. The van der Waals surface area contributed by atoms with Crippen LogP contribution >= 0.6 is 0 Å². The largest absolute Gasteiger partial charge is 0.458 e. The smallest absolute Gasteiger partial charge is 0.403 e. The summed E-state index contributed by atoms with van der Waals surface area (Å²) in [7, 11) is -0.0563. The fraction of sp³-hybridized carbons (Fsp3) is 1.00. The summed E-state index contributed by atoms with van der Waals surface area (Å²) in [6.45, 7) is 17.5. The number of hydrogen-bond donors (Lipinski definition) is 0. The standard InChI is InChI=1S/C13H27BO2/c1-10(11(2,3)4)9-14-15-12(5,6)13(7,8)16-14/h10H,9H2,1-8H3/t10-/m1/s1. The molecule has 0 radical (unpaired) electrons. The maximum Gasteiger partial charge on any atom is 0.458 e. The van der Waals surface area contributed by atoms with Gasteiger partial charge in [-0.1, -0.05) is 27.7 Å². The van der Waals surface area contributed by atoms with Crippen LogP contribution in [0, 0.1) is 11.3 Å². The summed E-state index contributed by atoms with van der Waals surface area (Å²) in [6, 6.07) is 0. The van der Waals surface area contributed by atoms with Gasteiger partial charge in [0, 0.05) is 0 Å². The molecule has 0 amide bonds. The van der Waals surface area contributed by atoms with E-state index in [-0.39, 0.29) is 18.3 Å². The van der Waals surface area contributed by atoms with Crippen LogP contribution in [0.5, 0.6) is 0 Å². The summed E-state index contributed by atoms with van der Waals surface area (Å²) in [5.74, 6) is 0.585. The van der Waals surface area contributed by atoms with Crippen molar-refractivity contribution in [2.45, 2.75) is 72.9 Å². The van der Waals surface area contributed by atoms with Gasteiger partial charge >= 0.3 is 7.12 Å². The fourth-order valence-corrected chi connectivity index (χ4v) is 1.70. The van der Waals surface area contributed by atoms with Gasteiger partial charge in [-0.05, 0) is 45.3 Å². The minimum atomic E-state index is -0.199. The van der Waals surface area contributed by atoms with E-state index >= 15 is 0 Å². The van der Waals surface area contributed by atoms with Crippen LogP contribution in [0.1, 0.15) is 55.4 Å². The van der Waals surface area contributed by atoms with E-state index in [1.165, 1.54) is 0 Å². The van der Waals surface area contributed by atoms with Crippen molar-refractivity contribution in [3.63, 3.8) is 0 Å². The molecule has 0 aliphatic carbocycles. The van der Waals surface area contributed by atoms with E-state index in [1.54, 1.807) is 0 Å². The first-order chi connectivity index (χ1) is 6.96. The van der Waals surface area contributed by atoms with Gasteiger partial charge in [-0.15, -0.1) is 0 Å². The van der Waals surface area contributed by atoms with Crippen molar-refractivity contribution in [2.75, 3.05) is 0 Å². The Morgan fingerprint density at radius 1 is 1.00 bits per heavy atom. The topological polar surface area (TPSA) is 18.5 Å². The second kappa shape index (κ2) is 4.02. The third-order valence-electron chi connectivity index (χ3n) is 4.33. The molecule has 16 heavy (non-hydrogen) atoms. The normalized spacial score (nSPS) is 25.9. The predicted molar refractivity (Wildman–Crippen MR) is 69.5 cm³/mol. The van der Waals surface area contributed by atoms with E-state index in [2.05, 4.69) is 55.4 Å². The van der Waals surface area contributed by atoms with Gasteiger partial charge in [-0.3, -0.25) is 0 Å². The Morgan fingerprint density at radius 3 is 1.69 bits per heavy atom. The van der Waals surface area contributed by atoms with Crippen molar-refractivity contribution in [1.29, 1.82) is 0 Å². The molecule has 0 saturated carbocycles. The van der Waals surface area contributed by atoms with Crippen molar-refractivity contribution in [2.24, 2.45) is 11.3 Å². The highest BCUT2D eigenvalue weighted by Crippen LogP contribution is 2.40. The Morgan fingerprint density at radius 2 is 1.38 bits per heavy atom. The molecule has 2 nitrogen and oxygen atoms in total. The van der Waals surface area contributed by atoms with E-state index in [0.717, 1.165) is 6.32 Å². The van der Waals surface area contributed by atoms with Crippen molar-refractivity contribution in [1.82, 2.24) is 0 Å². The lowest BCUT2D eigenvalue weighted by atomic mass is 9.68. The molecule has 3 heteroatoms. The van der Waals surface area contributed by atoms with E-state index in [4.69, 9.17) is 9.31 Å². The molecule has 0 aromatic carbocycles. The maximum atomic E-state index is 6.01. The molecule has 1 saturated heterocycles. The summed E-state index contributed by atoms with van der Waals surface area (Å²) in [5.41, 5.74) is -0.0891. The summed E-state index contributed by atoms with van der Waals surface area (Å²) in [4.78, 5) is 0. The Hall–Kier alpha value is -0.0151. The van der Waals surface area contributed by atoms with E-state index in [9.17, 15) is 0 Å². The molecule has 1 aliphatic heterocycles.